The van der Waals surface area contributed by atoms with E-state index in [4.69, 9.17) is 0 Å². The van der Waals surface area contributed by atoms with E-state index in [0.29, 0.717) is 0 Å². The lowest BCUT2D eigenvalue weighted by atomic mass is 10.1. The summed E-state index contributed by atoms with van der Waals surface area (Å²) in [5.74, 6) is -0.139. The van der Waals surface area contributed by atoms with Crippen LogP contribution in [0.2, 0.25) is 0 Å². The van der Waals surface area contributed by atoms with Crippen molar-refractivity contribution in [2.24, 2.45) is 0 Å². The molecular weight excluding hydrogens is 378 g/mol. The van der Waals surface area contributed by atoms with Crippen molar-refractivity contribution in [1.29, 1.82) is 0 Å². The van der Waals surface area contributed by atoms with Crippen molar-refractivity contribution in [3.05, 3.63) is 88.7 Å². The summed E-state index contributed by atoms with van der Waals surface area (Å²) in [6, 6.07) is 17.7. The molecule has 3 rings (SSSR count). The molecule has 0 saturated carbocycles. The minimum atomic E-state index is -0.139. The molecule has 0 saturated heterocycles. The van der Waals surface area contributed by atoms with Gasteiger partial charge in [-0.1, -0.05) is 46.3 Å². The Bertz CT molecular complexity index is 887. The molecule has 1 unspecified atom stereocenters. The summed E-state index contributed by atoms with van der Waals surface area (Å²) in [6.45, 7) is 1.96. The summed E-state index contributed by atoms with van der Waals surface area (Å²) in [6.07, 6.45) is 6.90. The van der Waals surface area contributed by atoms with Gasteiger partial charge in [0.05, 0.1) is 17.9 Å². The molecule has 1 N–H and O–H groups in total. The van der Waals surface area contributed by atoms with Crippen LogP contribution in [0.3, 0.4) is 0 Å². The van der Waals surface area contributed by atoms with Crippen LogP contribution < -0.4 is 5.32 Å². The Kier molecular flexibility index (Phi) is 5.46. The number of hydrogen-bond donors (Lipinski definition) is 1. The standard InChI is InChI=1S/C20H18BrN3O/c1-15(17-6-5-7-18(21)12-17)23-20(25)11-10-16-13-22-24(14-16)19-8-3-2-4-9-19/h2-15H,1H3,(H,23,25)/b11-10+. The zero-order valence-electron chi connectivity index (χ0n) is 13.8. The van der Waals surface area contributed by atoms with E-state index in [9.17, 15) is 4.79 Å². The summed E-state index contributed by atoms with van der Waals surface area (Å²) in [5.41, 5.74) is 2.90. The maximum Gasteiger partial charge on any atom is 0.244 e. The van der Waals surface area contributed by atoms with Gasteiger partial charge in [-0.15, -0.1) is 0 Å². The van der Waals surface area contributed by atoms with Gasteiger partial charge < -0.3 is 5.32 Å². The molecule has 1 amide bonds. The molecule has 2 aromatic carbocycles. The molecule has 3 aromatic rings. The van der Waals surface area contributed by atoms with Gasteiger partial charge in [0.1, 0.15) is 0 Å². The van der Waals surface area contributed by atoms with Crippen molar-refractivity contribution >= 4 is 27.9 Å². The van der Waals surface area contributed by atoms with Gasteiger partial charge in [-0.2, -0.15) is 5.10 Å². The average Bonchev–Trinajstić information content (AvgIpc) is 3.10. The van der Waals surface area contributed by atoms with Crippen LogP contribution in [-0.4, -0.2) is 15.7 Å². The third-order valence-corrected chi connectivity index (χ3v) is 4.25. The fraction of sp³-hybridized carbons (Fsp3) is 0.100. The summed E-state index contributed by atoms with van der Waals surface area (Å²) < 4.78 is 2.77. The molecule has 0 fully saturated rings. The topological polar surface area (TPSA) is 46.9 Å². The molecule has 4 nitrogen and oxygen atoms in total. The molecule has 0 radical (unpaired) electrons. The average molecular weight is 396 g/mol. The number of aromatic nitrogens is 2. The lowest BCUT2D eigenvalue weighted by molar-refractivity contribution is -0.117. The number of halogens is 1. The number of benzene rings is 2. The molecule has 0 aliphatic heterocycles. The molecule has 0 spiro atoms. The van der Waals surface area contributed by atoms with Gasteiger partial charge in [-0.25, -0.2) is 4.68 Å². The Morgan fingerprint density at radius 1 is 1.20 bits per heavy atom. The van der Waals surface area contributed by atoms with E-state index in [2.05, 4.69) is 26.3 Å². The molecule has 0 bridgehead atoms. The highest BCUT2D eigenvalue weighted by Gasteiger charge is 2.07. The molecule has 0 aliphatic carbocycles. The Labute approximate surface area is 155 Å². The summed E-state index contributed by atoms with van der Waals surface area (Å²) >= 11 is 3.44. The predicted octanol–water partition coefficient (Wildman–Crippen LogP) is 4.53. The summed E-state index contributed by atoms with van der Waals surface area (Å²) in [7, 11) is 0. The van der Waals surface area contributed by atoms with E-state index in [1.54, 1.807) is 17.0 Å². The molecule has 0 aliphatic rings. The largest absolute Gasteiger partial charge is 0.346 e. The SMILES string of the molecule is CC(NC(=O)/C=C/c1cnn(-c2ccccc2)c1)c1cccc(Br)c1. The van der Waals surface area contributed by atoms with Crippen LogP contribution in [0, 0.1) is 0 Å². The minimum absolute atomic E-state index is 0.0679. The lowest BCUT2D eigenvalue weighted by Crippen LogP contribution is -2.24. The number of para-hydroxylation sites is 1. The van der Waals surface area contributed by atoms with Crippen LogP contribution in [0.5, 0.6) is 0 Å². The zero-order chi connectivity index (χ0) is 17.6. The van der Waals surface area contributed by atoms with Gasteiger partial charge >= 0.3 is 0 Å². The number of hydrogen-bond acceptors (Lipinski definition) is 2. The van der Waals surface area contributed by atoms with Gasteiger partial charge in [-0.3, -0.25) is 4.79 Å². The minimum Gasteiger partial charge on any atom is -0.346 e. The molecule has 1 heterocycles. The van der Waals surface area contributed by atoms with Crippen LogP contribution >= 0.6 is 15.9 Å². The molecule has 25 heavy (non-hydrogen) atoms. The molecule has 1 atom stereocenters. The number of rotatable bonds is 5. The first-order valence-electron chi connectivity index (χ1n) is 7.96. The quantitative estimate of drug-likeness (QED) is 0.645. The molecule has 126 valence electrons. The van der Waals surface area contributed by atoms with E-state index in [1.807, 2.05) is 67.7 Å². The van der Waals surface area contributed by atoms with Crippen molar-refractivity contribution in [3.8, 4) is 5.69 Å². The van der Waals surface area contributed by atoms with Gasteiger partial charge in [0, 0.05) is 22.3 Å². The second-order valence-corrected chi connectivity index (χ2v) is 6.59. The third-order valence-electron chi connectivity index (χ3n) is 3.76. The number of amides is 1. The summed E-state index contributed by atoms with van der Waals surface area (Å²) in [4.78, 5) is 12.1. The van der Waals surface area contributed by atoms with Crippen molar-refractivity contribution in [2.75, 3.05) is 0 Å². The van der Waals surface area contributed by atoms with E-state index in [0.717, 1.165) is 21.3 Å². The van der Waals surface area contributed by atoms with Crippen LogP contribution in [0.25, 0.3) is 11.8 Å². The first-order valence-corrected chi connectivity index (χ1v) is 8.75. The van der Waals surface area contributed by atoms with Crippen molar-refractivity contribution in [3.63, 3.8) is 0 Å². The van der Waals surface area contributed by atoms with Gasteiger partial charge in [0.2, 0.25) is 5.91 Å². The van der Waals surface area contributed by atoms with Crippen molar-refractivity contribution in [2.45, 2.75) is 13.0 Å². The van der Waals surface area contributed by atoms with Gasteiger partial charge in [0.15, 0.2) is 0 Å². The zero-order valence-corrected chi connectivity index (χ0v) is 15.3. The maximum atomic E-state index is 12.1. The highest BCUT2D eigenvalue weighted by atomic mass is 79.9. The smallest absolute Gasteiger partial charge is 0.244 e. The third kappa shape index (κ3) is 4.67. The maximum absolute atomic E-state index is 12.1. The number of nitrogens with zero attached hydrogens (tertiary/aromatic N) is 2. The second kappa shape index (κ2) is 7.94. The van der Waals surface area contributed by atoms with E-state index >= 15 is 0 Å². The predicted molar refractivity (Wildman–Crippen MR) is 103 cm³/mol. The van der Waals surface area contributed by atoms with Gasteiger partial charge in [-0.05, 0) is 42.8 Å². The Morgan fingerprint density at radius 2 is 2.00 bits per heavy atom. The fourth-order valence-electron chi connectivity index (χ4n) is 2.44. The Balaban J connectivity index is 1.62. The summed E-state index contributed by atoms with van der Waals surface area (Å²) in [5, 5.41) is 7.27. The number of carbonyl (C=O) groups is 1. The van der Waals surface area contributed by atoms with E-state index in [1.165, 1.54) is 6.08 Å². The Morgan fingerprint density at radius 3 is 2.76 bits per heavy atom. The fourth-order valence-corrected chi connectivity index (χ4v) is 2.85. The van der Waals surface area contributed by atoms with Crippen molar-refractivity contribution < 1.29 is 4.79 Å². The highest BCUT2D eigenvalue weighted by molar-refractivity contribution is 9.10. The highest BCUT2D eigenvalue weighted by Crippen LogP contribution is 2.17. The Hall–Kier alpha value is -2.66. The van der Waals surface area contributed by atoms with Crippen LogP contribution in [-0.2, 0) is 4.79 Å². The second-order valence-electron chi connectivity index (χ2n) is 5.67. The number of nitrogens with one attached hydrogen (secondary N) is 1. The van der Waals surface area contributed by atoms with E-state index in [-0.39, 0.29) is 11.9 Å². The molecular formula is C20H18BrN3O. The van der Waals surface area contributed by atoms with Crippen LogP contribution in [0.1, 0.15) is 24.1 Å². The first-order chi connectivity index (χ1) is 12.1. The number of carbonyl (C=O) groups excluding carboxylic acids is 1. The van der Waals surface area contributed by atoms with Crippen molar-refractivity contribution in [1.82, 2.24) is 15.1 Å². The molecule has 1 aromatic heterocycles. The van der Waals surface area contributed by atoms with Gasteiger partial charge in [0.25, 0.3) is 0 Å². The first kappa shape index (κ1) is 17.2. The van der Waals surface area contributed by atoms with Crippen LogP contribution in [0.4, 0.5) is 0 Å². The van der Waals surface area contributed by atoms with E-state index < -0.39 is 0 Å². The van der Waals surface area contributed by atoms with Crippen LogP contribution in [0.15, 0.2) is 77.5 Å². The normalized spacial score (nSPS) is 12.2. The monoisotopic (exact) mass is 395 g/mol. The molecule has 5 heteroatoms. The lowest BCUT2D eigenvalue weighted by Gasteiger charge is -2.13.